The molecule has 86 valence electrons. The molecular formula is C12H21NOS. The molecule has 0 aliphatic rings. The molecule has 0 aliphatic heterocycles. The summed E-state index contributed by atoms with van der Waals surface area (Å²) in [5.41, 5.74) is 1.04. The Hall–Kier alpha value is -0.700. The minimum absolute atomic E-state index is 0.840. The molecule has 0 radical (unpaired) electrons. The first-order valence-electron chi connectivity index (χ1n) is 5.15. The number of allylic oxidation sites excluding steroid dienone is 4. The van der Waals surface area contributed by atoms with Gasteiger partial charge >= 0.3 is 0 Å². The van der Waals surface area contributed by atoms with Gasteiger partial charge < -0.3 is 4.74 Å². The molecule has 2 nitrogen and oxygen atoms in total. The van der Waals surface area contributed by atoms with Crippen molar-refractivity contribution in [1.29, 1.82) is 0 Å². The maximum atomic E-state index is 5.24. The van der Waals surface area contributed by atoms with Crippen molar-refractivity contribution in [3.63, 3.8) is 0 Å². The minimum Gasteiger partial charge on any atom is -0.494 e. The van der Waals surface area contributed by atoms with Gasteiger partial charge in [0.05, 0.1) is 13.3 Å². The average Bonchev–Trinajstić information content (AvgIpc) is 2.26. The molecule has 0 aromatic rings. The Bertz CT molecular complexity index is 267. The molecule has 0 atom stereocenters. The summed E-state index contributed by atoms with van der Waals surface area (Å²) in [5, 5.41) is 0. The lowest BCUT2D eigenvalue weighted by Gasteiger charge is -2.03. The van der Waals surface area contributed by atoms with Crippen LogP contribution in [0.3, 0.4) is 0 Å². The molecule has 0 aromatic carbocycles. The summed E-state index contributed by atoms with van der Waals surface area (Å²) < 4.78 is 5.24. The van der Waals surface area contributed by atoms with Crippen LogP contribution in [0.25, 0.3) is 0 Å². The Kier molecular flexibility index (Phi) is 8.19. The molecule has 15 heavy (non-hydrogen) atoms. The quantitative estimate of drug-likeness (QED) is 0.505. The molecule has 0 spiro atoms. The maximum absolute atomic E-state index is 5.24. The van der Waals surface area contributed by atoms with Gasteiger partial charge in [-0.25, -0.2) is 0 Å². The summed E-state index contributed by atoms with van der Waals surface area (Å²) in [6.07, 6.45) is 8.19. The zero-order valence-corrected chi connectivity index (χ0v) is 11.1. The van der Waals surface area contributed by atoms with Crippen LogP contribution in [0.1, 0.15) is 33.6 Å². The fourth-order valence-corrected chi connectivity index (χ4v) is 1.29. The Balaban J connectivity index is 4.49. The summed E-state index contributed by atoms with van der Waals surface area (Å²) >= 11 is 1.67. The van der Waals surface area contributed by atoms with Crippen molar-refractivity contribution in [3.8, 4) is 0 Å². The van der Waals surface area contributed by atoms with E-state index in [0.717, 1.165) is 29.2 Å². The van der Waals surface area contributed by atoms with Crippen molar-refractivity contribution >= 4 is 18.0 Å². The maximum Gasteiger partial charge on any atom is 0.146 e. The van der Waals surface area contributed by atoms with Gasteiger partial charge in [-0.1, -0.05) is 19.4 Å². The first kappa shape index (κ1) is 14.3. The number of unbranched alkanes of at least 4 members (excludes halogenated alkanes) is 1. The standard InChI is InChI=1S/C12H21NOS/c1-6-7-8-10(2)13-9-12(14-4)11(3)15-5/h8-9H,6-7H2,1-5H3/b10-8+,12-11-,13-9+. The average molecular weight is 227 g/mol. The third-order valence-corrected chi connectivity index (χ3v) is 2.80. The highest BCUT2D eigenvalue weighted by Gasteiger charge is 1.97. The van der Waals surface area contributed by atoms with E-state index in [9.17, 15) is 0 Å². The molecule has 0 saturated heterocycles. The highest BCUT2D eigenvalue weighted by atomic mass is 32.2. The molecule has 0 saturated carbocycles. The zero-order chi connectivity index (χ0) is 11.7. The van der Waals surface area contributed by atoms with Crippen LogP contribution in [-0.4, -0.2) is 19.6 Å². The van der Waals surface area contributed by atoms with E-state index in [1.165, 1.54) is 0 Å². The number of thioether (sulfide) groups is 1. The Labute approximate surface area is 97.5 Å². The van der Waals surface area contributed by atoms with Crippen LogP contribution in [0.5, 0.6) is 0 Å². The highest BCUT2D eigenvalue weighted by molar-refractivity contribution is 8.02. The van der Waals surface area contributed by atoms with E-state index in [1.54, 1.807) is 25.1 Å². The number of methoxy groups -OCH3 is 1. The molecule has 3 heteroatoms. The van der Waals surface area contributed by atoms with Crippen molar-refractivity contribution in [2.45, 2.75) is 33.6 Å². The number of hydrogen-bond acceptors (Lipinski definition) is 3. The van der Waals surface area contributed by atoms with Gasteiger partial charge in [-0.15, -0.1) is 11.8 Å². The van der Waals surface area contributed by atoms with E-state index >= 15 is 0 Å². The molecule has 0 N–H and O–H groups in total. The lowest BCUT2D eigenvalue weighted by molar-refractivity contribution is 0.315. The number of rotatable bonds is 6. The third kappa shape index (κ3) is 6.39. The molecule has 0 heterocycles. The van der Waals surface area contributed by atoms with Gasteiger partial charge in [-0.05, 0) is 26.5 Å². The van der Waals surface area contributed by atoms with E-state index < -0.39 is 0 Å². The zero-order valence-electron chi connectivity index (χ0n) is 10.3. The van der Waals surface area contributed by atoms with Gasteiger partial charge in [0.1, 0.15) is 5.76 Å². The third-order valence-electron chi connectivity index (χ3n) is 1.99. The Morgan fingerprint density at radius 3 is 2.53 bits per heavy atom. The molecular weight excluding hydrogens is 206 g/mol. The fraction of sp³-hybridized carbons (Fsp3) is 0.583. The summed E-state index contributed by atoms with van der Waals surface area (Å²) in [5.74, 6) is 0.840. The van der Waals surface area contributed by atoms with E-state index in [0.29, 0.717) is 0 Å². The van der Waals surface area contributed by atoms with Gasteiger partial charge in [0.25, 0.3) is 0 Å². The second-order valence-electron chi connectivity index (χ2n) is 3.22. The lowest BCUT2D eigenvalue weighted by Crippen LogP contribution is -1.91. The second-order valence-corrected chi connectivity index (χ2v) is 4.24. The number of ether oxygens (including phenoxy) is 1. The Morgan fingerprint density at radius 2 is 2.07 bits per heavy atom. The molecule has 0 unspecified atom stereocenters. The van der Waals surface area contributed by atoms with Crippen LogP contribution in [-0.2, 0) is 4.74 Å². The number of aliphatic imine (C=N–C) groups is 1. The summed E-state index contributed by atoms with van der Waals surface area (Å²) in [4.78, 5) is 5.48. The van der Waals surface area contributed by atoms with Gasteiger partial charge in [0.15, 0.2) is 0 Å². The van der Waals surface area contributed by atoms with Crippen molar-refractivity contribution in [2.24, 2.45) is 4.99 Å². The fourth-order valence-electron chi connectivity index (χ4n) is 0.954. The number of nitrogens with zero attached hydrogens (tertiary/aromatic N) is 1. The van der Waals surface area contributed by atoms with Crippen molar-refractivity contribution in [2.75, 3.05) is 13.4 Å². The molecule has 0 aromatic heterocycles. The predicted octanol–water partition coefficient (Wildman–Crippen LogP) is 4.00. The molecule has 0 aliphatic carbocycles. The lowest BCUT2D eigenvalue weighted by atomic mass is 10.3. The van der Waals surface area contributed by atoms with Crippen molar-refractivity contribution in [1.82, 2.24) is 0 Å². The number of hydrogen-bond donors (Lipinski definition) is 0. The SMILES string of the molecule is CCC/C=C(C)/N=C/C(OC)=C(\C)SC. The first-order valence-corrected chi connectivity index (χ1v) is 6.37. The van der Waals surface area contributed by atoms with Crippen molar-refractivity contribution < 1.29 is 4.74 Å². The Morgan fingerprint density at radius 1 is 1.40 bits per heavy atom. The summed E-state index contributed by atoms with van der Waals surface area (Å²) in [7, 11) is 1.67. The smallest absolute Gasteiger partial charge is 0.146 e. The van der Waals surface area contributed by atoms with E-state index in [1.807, 2.05) is 20.1 Å². The van der Waals surface area contributed by atoms with Crippen LogP contribution in [0, 0.1) is 0 Å². The van der Waals surface area contributed by atoms with Crippen molar-refractivity contribution in [3.05, 3.63) is 22.4 Å². The normalized spacial score (nSPS) is 14.3. The topological polar surface area (TPSA) is 21.6 Å². The largest absolute Gasteiger partial charge is 0.494 e. The van der Waals surface area contributed by atoms with E-state index in [-0.39, 0.29) is 0 Å². The second kappa shape index (κ2) is 8.60. The monoisotopic (exact) mass is 227 g/mol. The molecule has 0 rings (SSSR count). The predicted molar refractivity (Wildman–Crippen MR) is 70.4 cm³/mol. The summed E-state index contributed by atoms with van der Waals surface area (Å²) in [6, 6.07) is 0. The van der Waals surface area contributed by atoms with Gasteiger partial charge in [-0.3, -0.25) is 4.99 Å². The van der Waals surface area contributed by atoms with Gasteiger partial charge in [0.2, 0.25) is 0 Å². The molecule has 0 amide bonds. The van der Waals surface area contributed by atoms with Crippen LogP contribution in [0.15, 0.2) is 27.4 Å². The van der Waals surface area contributed by atoms with Crippen LogP contribution in [0.2, 0.25) is 0 Å². The van der Waals surface area contributed by atoms with E-state index in [2.05, 4.69) is 18.0 Å². The minimum atomic E-state index is 0.840. The summed E-state index contributed by atoms with van der Waals surface area (Å²) in [6.45, 7) is 6.19. The van der Waals surface area contributed by atoms with Crippen LogP contribution >= 0.6 is 11.8 Å². The molecule has 0 bridgehead atoms. The molecule has 0 fully saturated rings. The van der Waals surface area contributed by atoms with E-state index in [4.69, 9.17) is 4.74 Å². The van der Waals surface area contributed by atoms with Crippen LogP contribution < -0.4 is 0 Å². The first-order chi connectivity index (χ1) is 7.15. The highest BCUT2D eigenvalue weighted by Crippen LogP contribution is 2.15. The van der Waals surface area contributed by atoms with Crippen LogP contribution in [0.4, 0.5) is 0 Å². The van der Waals surface area contributed by atoms with Gasteiger partial charge in [-0.2, -0.15) is 0 Å². The van der Waals surface area contributed by atoms with Gasteiger partial charge in [0, 0.05) is 10.6 Å².